The molecule has 6 nitrogen and oxygen atoms in total. The van der Waals surface area contributed by atoms with Crippen molar-refractivity contribution >= 4 is 34.6 Å². The molecule has 3 aliphatic rings. The predicted octanol–water partition coefficient (Wildman–Crippen LogP) is 5.68. The number of rotatable bonds is 8. The first kappa shape index (κ1) is 26.4. The van der Waals surface area contributed by atoms with Crippen LogP contribution in [-0.2, 0) is 4.79 Å². The first-order valence-electron chi connectivity index (χ1n) is 13.0. The molecule has 4 rings (SSSR count). The number of hydrogen-bond donors (Lipinski definition) is 2. The smallest absolute Gasteiger partial charge is 0.260 e. The lowest BCUT2D eigenvalue weighted by Gasteiger charge is -2.34. The molecule has 2 fully saturated rings. The lowest BCUT2D eigenvalue weighted by molar-refractivity contribution is -0.122. The van der Waals surface area contributed by atoms with Gasteiger partial charge in [-0.3, -0.25) is 14.7 Å². The van der Waals surface area contributed by atoms with Gasteiger partial charge in [0.15, 0.2) is 0 Å². The van der Waals surface area contributed by atoms with Gasteiger partial charge in [0, 0.05) is 40.0 Å². The summed E-state index contributed by atoms with van der Waals surface area (Å²) in [5.74, 6) is 1.62. The molecular weight excluding hydrogens is 470 g/mol. The predicted molar refractivity (Wildman–Crippen MR) is 150 cm³/mol. The van der Waals surface area contributed by atoms with E-state index in [1.54, 1.807) is 0 Å². The second-order valence-electron chi connectivity index (χ2n) is 10.2. The fraction of sp³-hybridized carbons (Fsp3) is 0.483. The molecule has 0 spiro atoms. The van der Waals surface area contributed by atoms with Crippen LogP contribution in [0.2, 0.25) is 5.02 Å². The van der Waals surface area contributed by atoms with Gasteiger partial charge in [-0.05, 0) is 90.1 Å². The lowest BCUT2D eigenvalue weighted by Crippen LogP contribution is -2.46. The Morgan fingerprint density at radius 2 is 2.00 bits per heavy atom. The van der Waals surface area contributed by atoms with Crippen LogP contribution in [-0.4, -0.2) is 48.0 Å². The number of carbonyl (C=O) groups is 1. The van der Waals surface area contributed by atoms with Gasteiger partial charge in [-0.25, -0.2) is 4.99 Å². The quantitative estimate of drug-likeness (QED) is 0.445. The summed E-state index contributed by atoms with van der Waals surface area (Å²) < 4.78 is 0. The Balaban J connectivity index is 1.70. The maximum Gasteiger partial charge on any atom is 0.260 e. The van der Waals surface area contributed by atoms with Crippen molar-refractivity contribution in [3.63, 3.8) is 0 Å². The molecule has 1 atom stereocenters. The van der Waals surface area contributed by atoms with Crippen molar-refractivity contribution < 1.29 is 4.79 Å². The third kappa shape index (κ3) is 6.34. The molecule has 1 aliphatic carbocycles. The summed E-state index contributed by atoms with van der Waals surface area (Å²) in [6.07, 6.45) is 8.27. The molecule has 1 amide bonds. The average Bonchev–Trinajstić information content (AvgIpc) is 3.66. The Hall–Kier alpha value is -2.70. The zero-order valence-corrected chi connectivity index (χ0v) is 22.7. The monoisotopic (exact) mass is 507 g/mol. The zero-order chi connectivity index (χ0) is 25.8. The number of allylic oxidation sites excluding steroid dienone is 1. The molecule has 2 aliphatic heterocycles. The first-order valence-corrected chi connectivity index (χ1v) is 13.4. The number of nitrogens with one attached hydrogen (secondary N) is 2. The summed E-state index contributed by atoms with van der Waals surface area (Å²) in [7, 11) is 0. The number of hydrogen-bond acceptors (Lipinski definition) is 5. The molecule has 2 heterocycles. The maximum atomic E-state index is 14.0. The minimum atomic E-state index is -0.0674. The van der Waals surface area contributed by atoms with E-state index in [2.05, 4.69) is 22.2 Å². The zero-order valence-electron chi connectivity index (χ0n) is 21.9. The number of aliphatic imine (C=N–C) groups is 2. The highest BCUT2D eigenvalue weighted by molar-refractivity contribution is 6.37. The molecule has 1 aromatic rings. The van der Waals surface area contributed by atoms with Gasteiger partial charge in [-0.1, -0.05) is 36.4 Å². The summed E-state index contributed by atoms with van der Waals surface area (Å²) in [5.41, 5.74) is 4.27. The Bertz CT molecular complexity index is 1130. The van der Waals surface area contributed by atoms with Crippen LogP contribution in [0, 0.1) is 5.92 Å². The number of piperidine rings is 1. The molecule has 2 N–H and O–H groups in total. The van der Waals surface area contributed by atoms with Gasteiger partial charge in [0.2, 0.25) is 0 Å². The molecule has 1 saturated carbocycles. The van der Waals surface area contributed by atoms with E-state index < -0.39 is 0 Å². The van der Waals surface area contributed by atoms with Crippen LogP contribution in [0.5, 0.6) is 0 Å². The van der Waals surface area contributed by atoms with Crippen LogP contribution < -0.4 is 10.6 Å². The lowest BCUT2D eigenvalue weighted by atomic mass is 9.92. The number of amides is 1. The van der Waals surface area contributed by atoms with Gasteiger partial charge in [0.1, 0.15) is 11.7 Å². The molecule has 7 heteroatoms. The number of halogens is 1. The van der Waals surface area contributed by atoms with Gasteiger partial charge < -0.3 is 10.6 Å². The van der Waals surface area contributed by atoms with Gasteiger partial charge in [0.05, 0.1) is 6.04 Å². The molecule has 0 aromatic heterocycles. The molecular formula is C29H38ClN5O. The largest absolute Gasteiger partial charge is 0.368 e. The Morgan fingerprint density at radius 3 is 2.61 bits per heavy atom. The number of nitrogens with zero attached hydrogens (tertiary/aromatic N) is 3. The molecule has 0 bridgehead atoms. The fourth-order valence-electron chi connectivity index (χ4n) is 4.80. The van der Waals surface area contributed by atoms with Crippen molar-refractivity contribution in [3.8, 4) is 0 Å². The Kier molecular flexibility index (Phi) is 8.47. The third-order valence-electron chi connectivity index (χ3n) is 6.91. The van der Waals surface area contributed by atoms with E-state index in [-0.39, 0.29) is 11.9 Å². The number of carbonyl (C=O) groups excluding carboxylic acids is 1. The van der Waals surface area contributed by atoms with Gasteiger partial charge in [-0.2, -0.15) is 0 Å². The van der Waals surface area contributed by atoms with E-state index in [0.29, 0.717) is 40.8 Å². The highest BCUT2D eigenvalue weighted by Crippen LogP contribution is 2.34. The molecule has 1 aromatic carbocycles. The van der Waals surface area contributed by atoms with Crippen LogP contribution in [0.4, 0.5) is 0 Å². The van der Waals surface area contributed by atoms with Crippen molar-refractivity contribution in [1.82, 2.24) is 15.5 Å². The third-order valence-corrected chi connectivity index (χ3v) is 7.22. The topological polar surface area (TPSA) is 69.1 Å². The van der Waals surface area contributed by atoms with E-state index >= 15 is 0 Å². The normalized spacial score (nSPS) is 22.0. The highest BCUT2D eigenvalue weighted by Gasteiger charge is 2.34. The van der Waals surface area contributed by atoms with Gasteiger partial charge >= 0.3 is 0 Å². The average molecular weight is 508 g/mol. The Morgan fingerprint density at radius 1 is 1.28 bits per heavy atom. The maximum absolute atomic E-state index is 14.0. The standard InChI is InChI=1S/C29H38ClN5O/c1-6-22-15-26(25-10-7-23(16-27(25)30)19(4)32-18(2)3)29(36)35(17-21-11-13-31-14-12-21)28(22)34-20(5)33-24-8-9-24/h6-7,10,15-16,19,21,24,31,33H,5,8-9,11-14,17H2,1-4H3/b22-6-,34-28+. The Labute approximate surface area is 220 Å². The van der Waals surface area contributed by atoms with Gasteiger partial charge in [-0.15, -0.1) is 0 Å². The van der Waals surface area contributed by atoms with E-state index in [1.165, 1.54) is 0 Å². The second kappa shape index (κ2) is 11.6. The molecule has 36 heavy (non-hydrogen) atoms. The van der Waals surface area contributed by atoms with Gasteiger partial charge in [0.25, 0.3) is 5.91 Å². The van der Waals surface area contributed by atoms with Crippen molar-refractivity contribution in [3.05, 3.63) is 64.5 Å². The summed E-state index contributed by atoms with van der Waals surface area (Å²) in [6, 6.07) is 6.34. The molecule has 192 valence electrons. The van der Waals surface area contributed by atoms with Crippen LogP contribution in [0.3, 0.4) is 0 Å². The highest BCUT2D eigenvalue weighted by atomic mass is 35.5. The van der Waals surface area contributed by atoms with Crippen LogP contribution in [0.25, 0.3) is 5.57 Å². The summed E-state index contributed by atoms with van der Waals surface area (Å²) >= 11 is 6.78. The second-order valence-corrected chi connectivity index (χ2v) is 10.6. The van der Waals surface area contributed by atoms with Crippen LogP contribution >= 0.6 is 11.6 Å². The summed E-state index contributed by atoms with van der Waals surface area (Å²) in [6.45, 7) is 14.7. The van der Waals surface area contributed by atoms with Crippen molar-refractivity contribution in [2.24, 2.45) is 15.9 Å². The minimum absolute atomic E-state index is 0.00353. The minimum Gasteiger partial charge on any atom is -0.368 e. The molecule has 0 radical (unpaired) electrons. The van der Waals surface area contributed by atoms with E-state index in [1.807, 2.05) is 62.9 Å². The molecule has 1 unspecified atom stereocenters. The van der Waals surface area contributed by atoms with Crippen LogP contribution in [0.15, 0.2) is 58.3 Å². The van der Waals surface area contributed by atoms with E-state index in [0.717, 1.165) is 61.2 Å². The van der Waals surface area contributed by atoms with Crippen molar-refractivity contribution in [2.75, 3.05) is 19.6 Å². The number of benzene rings is 1. The SMILES string of the molecule is C=C(/N=C1\C(=C/C)C=C(c2ccc(C(C)N=C(C)C)cc2Cl)C(=O)N1CC1CCNCC1)NC1CC1. The number of amidine groups is 1. The van der Waals surface area contributed by atoms with Crippen LogP contribution in [0.1, 0.15) is 70.5 Å². The van der Waals surface area contributed by atoms with E-state index in [4.69, 9.17) is 16.6 Å². The fourth-order valence-corrected chi connectivity index (χ4v) is 5.09. The van der Waals surface area contributed by atoms with Crippen molar-refractivity contribution in [2.45, 2.75) is 65.5 Å². The summed E-state index contributed by atoms with van der Waals surface area (Å²) in [5, 5.41) is 7.33. The summed E-state index contributed by atoms with van der Waals surface area (Å²) in [4.78, 5) is 25.3. The first-order chi connectivity index (χ1) is 17.3. The molecule has 1 saturated heterocycles. The van der Waals surface area contributed by atoms with E-state index in [9.17, 15) is 4.79 Å². The van der Waals surface area contributed by atoms with Crippen molar-refractivity contribution in [1.29, 1.82) is 0 Å².